The fourth-order valence-electron chi connectivity index (χ4n) is 3.75. The maximum atomic E-state index is 12.5. The molecule has 2 aliphatic heterocycles. The van der Waals surface area contributed by atoms with E-state index in [9.17, 15) is 4.79 Å². The van der Waals surface area contributed by atoms with Gasteiger partial charge < -0.3 is 19.9 Å². The molecule has 3 heterocycles. The molecule has 8 heteroatoms. The van der Waals surface area contributed by atoms with Crippen LogP contribution in [0.4, 0.5) is 0 Å². The summed E-state index contributed by atoms with van der Waals surface area (Å²) in [4.78, 5) is 27.6. The molecule has 1 N–H and O–H groups in total. The van der Waals surface area contributed by atoms with Gasteiger partial charge in [-0.3, -0.25) is 19.7 Å². The van der Waals surface area contributed by atoms with Crippen molar-refractivity contribution in [3.05, 3.63) is 30.1 Å². The molecule has 0 spiro atoms. The maximum Gasteiger partial charge on any atom is 0.241 e. The van der Waals surface area contributed by atoms with E-state index in [4.69, 9.17) is 4.74 Å². The Morgan fingerprint density at radius 2 is 2.18 bits per heavy atom. The number of guanidine groups is 1. The molecule has 2 saturated heterocycles. The first-order valence-electron chi connectivity index (χ1n) is 10.1. The van der Waals surface area contributed by atoms with Gasteiger partial charge in [-0.1, -0.05) is 6.07 Å². The van der Waals surface area contributed by atoms with Crippen molar-refractivity contribution in [2.75, 3.05) is 66.6 Å². The van der Waals surface area contributed by atoms with E-state index in [2.05, 4.69) is 25.1 Å². The minimum Gasteiger partial charge on any atom is -0.379 e. The minimum atomic E-state index is 0.0565. The van der Waals surface area contributed by atoms with E-state index < -0.39 is 0 Å². The van der Waals surface area contributed by atoms with Gasteiger partial charge >= 0.3 is 0 Å². The van der Waals surface area contributed by atoms with Crippen LogP contribution in [-0.4, -0.2) is 104 Å². The summed E-state index contributed by atoms with van der Waals surface area (Å²) in [6, 6.07) is 6.39. The zero-order chi connectivity index (χ0) is 19.8. The van der Waals surface area contributed by atoms with Crippen LogP contribution in [0.3, 0.4) is 0 Å². The molecule has 28 heavy (non-hydrogen) atoms. The third-order valence-corrected chi connectivity index (χ3v) is 5.49. The van der Waals surface area contributed by atoms with Crippen LogP contribution in [-0.2, 0) is 16.0 Å². The number of carbonyl (C=O) groups is 1. The molecule has 3 rings (SSSR count). The quantitative estimate of drug-likeness (QED) is 0.549. The summed E-state index contributed by atoms with van der Waals surface area (Å²) >= 11 is 0. The number of morpholine rings is 1. The van der Waals surface area contributed by atoms with Crippen molar-refractivity contribution in [3.8, 4) is 0 Å². The number of hydrogen-bond donors (Lipinski definition) is 1. The summed E-state index contributed by atoms with van der Waals surface area (Å²) in [7, 11) is 3.61. The van der Waals surface area contributed by atoms with Crippen LogP contribution in [0.15, 0.2) is 29.4 Å². The van der Waals surface area contributed by atoms with Crippen molar-refractivity contribution in [1.82, 2.24) is 25.0 Å². The highest BCUT2D eigenvalue weighted by Gasteiger charge is 2.30. The minimum absolute atomic E-state index is 0.0565. The molecular weight excluding hydrogens is 356 g/mol. The van der Waals surface area contributed by atoms with E-state index in [1.54, 1.807) is 18.1 Å². The van der Waals surface area contributed by atoms with Gasteiger partial charge in [-0.2, -0.15) is 0 Å². The Labute approximate surface area is 167 Å². The number of aliphatic imine (C=N–C) groups is 1. The summed E-state index contributed by atoms with van der Waals surface area (Å²) in [5.74, 6) is 0.864. The Morgan fingerprint density at radius 3 is 2.89 bits per heavy atom. The number of ether oxygens (including phenoxy) is 1. The molecule has 154 valence electrons. The van der Waals surface area contributed by atoms with Crippen LogP contribution < -0.4 is 5.32 Å². The van der Waals surface area contributed by atoms with Crippen molar-refractivity contribution in [2.45, 2.75) is 18.9 Å². The number of nitrogens with one attached hydrogen (secondary N) is 1. The lowest BCUT2D eigenvalue weighted by Crippen LogP contribution is -2.48. The van der Waals surface area contributed by atoms with E-state index in [1.165, 1.54) is 0 Å². The van der Waals surface area contributed by atoms with Gasteiger partial charge in [0.1, 0.15) is 0 Å². The van der Waals surface area contributed by atoms with E-state index in [0.29, 0.717) is 12.6 Å². The third kappa shape index (κ3) is 5.65. The highest BCUT2D eigenvalue weighted by molar-refractivity contribution is 5.86. The number of hydrogen-bond acceptors (Lipinski definition) is 5. The SMILES string of the molecule is CN=C(NCC(=O)N(C)CCc1ccccn1)N1CCC(N2CCOCC2)C1. The predicted molar refractivity (Wildman–Crippen MR) is 109 cm³/mol. The molecular formula is C20H32N6O2. The lowest BCUT2D eigenvalue weighted by molar-refractivity contribution is -0.128. The van der Waals surface area contributed by atoms with Crippen molar-refractivity contribution < 1.29 is 9.53 Å². The fourth-order valence-corrected chi connectivity index (χ4v) is 3.75. The Hall–Kier alpha value is -2.19. The molecule has 2 fully saturated rings. The number of nitrogens with zero attached hydrogens (tertiary/aromatic N) is 5. The summed E-state index contributed by atoms with van der Waals surface area (Å²) in [6.07, 6.45) is 3.66. The average molecular weight is 389 g/mol. The molecule has 0 saturated carbocycles. The molecule has 1 aromatic heterocycles. The average Bonchev–Trinajstić information content (AvgIpc) is 3.24. The zero-order valence-corrected chi connectivity index (χ0v) is 17.0. The molecule has 8 nitrogen and oxygen atoms in total. The largest absolute Gasteiger partial charge is 0.379 e. The number of rotatable bonds is 6. The van der Waals surface area contributed by atoms with E-state index >= 15 is 0 Å². The van der Waals surface area contributed by atoms with Crippen LogP contribution in [0.25, 0.3) is 0 Å². The monoisotopic (exact) mass is 388 g/mol. The normalized spacial score (nSPS) is 21.0. The lowest BCUT2D eigenvalue weighted by Gasteiger charge is -2.32. The van der Waals surface area contributed by atoms with E-state index in [-0.39, 0.29) is 12.5 Å². The second-order valence-electron chi connectivity index (χ2n) is 7.32. The molecule has 1 unspecified atom stereocenters. The van der Waals surface area contributed by atoms with Crippen molar-refractivity contribution in [3.63, 3.8) is 0 Å². The molecule has 0 aromatic carbocycles. The number of likely N-dealkylation sites (N-methyl/N-ethyl adjacent to an activating group) is 1. The van der Waals surface area contributed by atoms with Gasteiger partial charge in [0.25, 0.3) is 0 Å². The first kappa shape index (κ1) is 20.5. The van der Waals surface area contributed by atoms with Gasteiger partial charge in [-0.15, -0.1) is 0 Å². The molecule has 0 radical (unpaired) electrons. The first-order chi connectivity index (χ1) is 13.7. The molecule has 0 bridgehead atoms. The highest BCUT2D eigenvalue weighted by Crippen LogP contribution is 2.17. The van der Waals surface area contributed by atoms with Crippen LogP contribution in [0.5, 0.6) is 0 Å². The standard InChI is InChI=1S/C20H32N6O2/c1-21-20(26-10-7-18(16-26)25-11-13-28-14-12-25)23-15-19(27)24(2)9-6-17-5-3-4-8-22-17/h3-5,8,18H,6-7,9-16H2,1-2H3,(H,21,23). The van der Waals surface area contributed by atoms with Crippen molar-refractivity contribution >= 4 is 11.9 Å². The molecule has 1 amide bonds. The highest BCUT2D eigenvalue weighted by atomic mass is 16.5. The smallest absolute Gasteiger partial charge is 0.241 e. The number of likely N-dealkylation sites (tertiary alicyclic amines) is 1. The van der Waals surface area contributed by atoms with Crippen LogP contribution in [0, 0.1) is 0 Å². The Morgan fingerprint density at radius 1 is 1.36 bits per heavy atom. The van der Waals surface area contributed by atoms with E-state index in [1.807, 2.05) is 25.2 Å². The van der Waals surface area contributed by atoms with Gasteiger partial charge in [-0.25, -0.2) is 0 Å². The Bertz CT molecular complexity index is 647. The molecule has 1 atom stereocenters. The van der Waals surface area contributed by atoms with E-state index in [0.717, 1.165) is 63.9 Å². The summed E-state index contributed by atoms with van der Waals surface area (Å²) in [6.45, 7) is 6.47. The van der Waals surface area contributed by atoms with Crippen LogP contribution >= 0.6 is 0 Å². The van der Waals surface area contributed by atoms with Crippen LogP contribution in [0.1, 0.15) is 12.1 Å². The van der Waals surface area contributed by atoms with Gasteiger partial charge in [0.15, 0.2) is 5.96 Å². The number of pyridine rings is 1. The van der Waals surface area contributed by atoms with Crippen molar-refractivity contribution in [1.29, 1.82) is 0 Å². The summed E-state index contributed by atoms with van der Waals surface area (Å²) < 4.78 is 5.45. The zero-order valence-electron chi connectivity index (χ0n) is 17.0. The topological polar surface area (TPSA) is 73.3 Å². The molecule has 2 aliphatic rings. The third-order valence-electron chi connectivity index (χ3n) is 5.49. The van der Waals surface area contributed by atoms with Gasteiger partial charge in [-0.05, 0) is 18.6 Å². The van der Waals surface area contributed by atoms with Gasteiger partial charge in [0.05, 0.1) is 19.8 Å². The second-order valence-corrected chi connectivity index (χ2v) is 7.32. The Balaban J connectivity index is 1.41. The maximum absolute atomic E-state index is 12.5. The number of carbonyl (C=O) groups excluding carboxylic acids is 1. The summed E-state index contributed by atoms with van der Waals surface area (Å²) in [5, 5.41) is 3.24. The summed E-state index contributed by atoms with van der Waals surface area (Å²) in [5.41, 5.74) is 0.997. The fraction of sp³-hybridized carbons (Fsp3) is 0.650. The molecule has 0 aliphatic carbocycles. The molecule has 1 aromatic rings. The van der Waals surface area contributed by atoms with Gasteiger partial charge in [0, 0.05) is 71.2 Å². The Kier molecular flexibility index (Phi) is 7.62. The predicted octanol–water partition coefficient (Wildman–Crippen LogP) is 0.0644. The number of amides is 1. The van der Waals surface area contributed by atoms with Crippen LogP contribution in [0.2, 0.25) is 0 Å². The van der Waals surface area contributed by atoms with Crippen molar-refractivity contribution in [2.24, 2.45) is 4.99 Å². The first-order valence-corrected chi connectivity index (χ1v) is 10.1. The number of aromatic nitrogens is 1. The second kappa shape index (κ2) is 10.4. The lowest BCUT2D eigenvalue weighted by atomic mass is 10.2. The van der Waals surface area contributed by atoms with Gasteiger partial charge in [0.2, 0.25) is 5.91 Å².